The van der Waals surface area contributed by atoms with E-state index in [1.165, 1.54) is 154 Å². The lowest BCUT2D eigenvalue weighted by Crippen LogP contribution is -2.30. The summed E-state index contributed by atoms with van der Waals surface area (Å²) in [4.78, 5) is 48.8. The molecular weight excluding hydrogens is 1020 g/mol. The van der Waals surface area contributed by atoms with Crippen LogP contribution in [0.25, 0.3) is 0 Å². The van der Waals surface area contributed by atoms with Crippen LogP contribution in [0.2, 0.25) is 0 Å². The summed E-state index contributed by atoms with van der Waals surface area (Å²) in [5.41, 5.74) is 0. The third kappa shape index (κ3) is 59.5. The first-order valence-electron chi connectivity index (χ1n) is 32.8. The van der Waals surface area contributed by atoms with Gasteiger partial charge in [0, 0.05) is 19.3 Å². The largest absolute Gasteiger partial charge is 0.472 e. The Balaban J connectivity index is 4.72. The van der Waals surface area contributed by atoms with Crippen molar-refractivity contribution in [3.05, 3.63) is 72.9 Å². The average molecular weight is 1150 g/mol. The van der Waals surface area contributed by atoms with E-state index < -0.39 is 57.8 Å². The van der Waals surface area contributed by atoms with Gasteiger partial charge in [-0.2, -0.15) is 0 Å². The molecule has 0 aliphatic heterocycles. The smallest absolute Gasteiger partial charge is 0.462 e. The fraction of sp³-hybridized carbons (Fsp3) is 0.779. The molecule has 0 aliphatic carbocycles. The summed E-state index contributed by atoms with van der Waals surface area (Å²) in [6, 6.07) is 0. The molecule has 0 saturated heterocycles. The number of rotatable bonds is 61. The van der Waals surface area contributed by atoms with Crippen LogP contribution in [0.5, 0.6) is 0 Å². The molecule has 0 radical (unpaired) electrons. The SMILES string of the molecule is CC/C=C\C/C=C\C/C=C\C/C=C\CCCCC(=O)OC(CO)COP(=O)(O)OCC(COC(=O)CCCCCCCCCCC/C=C\C/C=C\CCCCC)OC(=O)CCCCCCCCCCCCCCCCCCCCC. The lowest BCUT2D eigenvalue weighted by molar-refractivity contribution is -0.161. The third-order valence-corrected chi connectivity index (χ3v) is 15.1. The minimum absolute atomic E-state index is 0.124. The van der Waals surface area contributed by atoms with Crippen LogP contribution in [0.4, 0.5) is 0 Å². The summed E-state index contributed by atoms with van der Waals surface area (Å²) >= 11 is 0. The lowest BCUT2D eigenvalue weighted by atomic mass is 10.0. The van der Waals surface area contributed by atoms with Crippen molar-refractivity contribution in [3.8, 4) is 0 Å². The standard InChI is InChI=1S/C68H121O11P/c1-4-7-10-13-16-19-22-25-28-30-32-34-37-39-42-45-48-51-54-57-66(70)75-61-65(79-68(72)59-56-53-50-47-44-41-38-35-33-31-29-26-23-20-17-14-11-8-5-2)63-77-80(73,74)76-62-64(60-69)78-67(71)58-55-52-49-46-43-40-36-27-24-21-18-15-12-9-6-3/h9,12,16,18-19,21,25,27-28,36,43,46,64-65,69H,4-8,10-11,13-15,17,20,22-24,26,29-35,37-42,44-45,47-63H2,1-3H3,(H,73,74)/b12-9-,19-16-,21-18-,28-25-,36-27-,46-43-. The van der Waals surface area contributed by atoms with E-state index >= 15 is 0 Å². The van der Waals surface area contributed by atoms with Crippen molar-refractivity contribution in [1.82, 2.24) is 0 Å². The maximum atomic E-state index is 13.0. The first kappa shape index (κ1) is 76.9. The Morgan fingerprint density at radius 1 is 0.362 bits per heavy atom. The van der Waals surface area contributed by atoms with Crippen LogP contribution in [-0.4, -0.2) is 66.5 Å². The Labute approximate surface area is 490 Å². The molecule has 12 heteroatoms. The fourth-order valence-corrected chi connectivity index (χ4v) is 9.93. The molecule has 0 spiro atoms. The van der Waals surface area contributed by atoms with E-state index in [0.717, 1.165) is 89.9 Å². The minimum atomic E-state index is -4.77. The monoisotopic (exact) mass is 1140 g/mol. The number of unbranched alkanes of at least 4 members (excludes halogenated alkanes) is 32. The molecule has 0 aliphatic rings. The van der Waals surface area contributed by atoms with Gasteiger partial charge in [-0.1, -0.05) is 267 Å². The summed E-state index contributed by atoms with van der Waals surface area (Å²) < 4.78 is 39.7. The normalized spacial score (nSPS) is 13.7. The van der Waals surface area contributed by atoms with Crippen molar-refractivity contribution < 1.29 is 52.2 Å². The minimum Gasteiger partial charge on any atom is -0.462 e. The number of allylic oxidation sites excluding steroid dienone is 12. The van der Waals surface area contributed by atoms with Crippen LogP contribution in [0.1, 0.15) is 303 Å². The number of aliphatic hydroxyl groups excluding tert-OH is 1. The van der Waals surface area contributed by atoms with Gasteiger partial charge in [0.2, 0.25) is 0 Å². The van der Waals surface area contributed by atoms with Gasteiger partial charge >= 0.3 is 25.7 Å². The first-order chi connectivity index (χ1) is 39.2. The molecule has 0 aromatic carbocycles. The molecule has 0 rings (SSSR count). The Kier molecular flexibility index (Phi) is 59.6. The number of ether oxygens (including phenoxy) is 3. The highest BCUT2D eigenvalue weighted by Gasteiger charge is 2.28. The van der Waals surface area contributed by atoms with Gasteiger partial charge in [0.15, 0.2) is 6.10 Å². The van der Waals surface area contributed by atoms with Gasteiger partial charge in [-0.15, -0.1) is 0 Å². The highest BCUT2D eigenvalue weighted by atomic mass is 31.2. The van der Waals surface area contributed by atoms with E-state index in [2.05, 4.69) is 93.7 Å². The molecule has 0 aromatic heterocycles. The van der Waals surface area contributed by atoms with Crippen molar-refractivity contribution in [2.75, 3.05) is 26.4 Å². The van der Waals surface area contributed by atoms with Gasteiger partial charge in [0.1, 0.15) is 12.7 Å². The van der Waals surface area contributed by atoms with Crippen LogP contribution < -0.4 is 0 Å². The molecule has 0 heterocycles. The molecule has 0 bridgehead atoms. The Hall–Kier alpha value is -3.08. The van der Waals surface area contributed by atoms with E-state index in [4.69, 9.17) is 23.3 Å². The number of carbonyl (C=O) groups excluding carboxylic acids is 3. The molecule has 3 unspecified atom stereocenters. The molecule has 0 amide bonds. The van der Waals surface area contributed by atoms with E-state index in [1.807, 2.05) is 0 Å². The van der Waals surface area contributed by atoms with E-state index in [9.17, 15) is 28.9 Å². The van der Waals surface area contributed by atoms with Crippen molar-refractivity contribution in [2.45, 2.75) is 315 Å². The molecule has 11 nitrogen and oxygen atoms in total. The maximum absolute atomic E-state index is 13.0. The molecule has 80 heavy (non-hydrogen) atoms. The van der Waals surface area contributed by atoms with E-state index in [1.54, 1.807) is 0 Å². The molecule has 0 saturated carbocycles. The molecule has 0 fully saturated rings. The van der Waals surface area contributed by atoms with Gasteiger partial charge < -0.3 is 24.2 Å². The zero-order valence-electron chi connectivity index (χ0n) is 51.5. The number of esters is 3. The van der Waals surface area contributed by atoms with Crippen LogP contribution in [0.3, 0.4) is 0 Å². The zero-order valence-corrected chi connectivity index (χ0v) is 52.4. The number of hydrogen-bond acceptors (Lipinski definition) is 10. The summed E-state index contributed by atoms with van der Waals surface area (Å²) in [6.07, 6.45) is 71.4. The second-order valence-corrected chi connectivity index (χ2v) is 23.4. The zero-order chi connectivity index (χ0) is 58.3. The summed E-state index contributed by atoms with van der Waals surface area (Å²) in [5.74, 6) is -1.50. The average Bonchev–Trinajstić information content (AvgIpc) is 3.45. The highest BCUT2D eigenvalue weighted by Crippen LogP contribution is 2.43. The topological polar surface area (TPSA) is 155 Å². The number of phosphoric acid groups is 1. The summed E-state index contributed by atoms with van der Waals surface area (Å²) in [7, 11) is -4.77. The Morgan fingerprint density at radius 3 is 1.05 bits per heavy atom. The van der Waals surface area contributed by atoms with Gasteiger partial charge in [-0.25, -0.2) is 4.57 Å². The van der Waals surface area contributed by atoms with Crippen molar-refractivity contribution in [2.24, 2.45) is 0 Å². The van der Waals surface area contributed by atoms with Crippen LogP contribution in [0, 0.1) is 0 Å². The highest BCUT2D eigenvalue weighted by molar-refractivity contribution is 7.47. The third-order valence-electron chi connectivity index (χ3n) is 14.1. The first-order valence-corrected chi connectivity index (χ1v) is 34.3. The molecule has 0 aromatic rings. The van der Waals surface area contributed by atoms with Gasteiger partial charge in [0.05, 0.1) is 19.8 Å². The predicted molar refractivity (Wildman–Crippen MR) is 335 cm³/mol. The van der Waals surface area contributed by atoms with E-state index in [0.29, 0.717) is 19.3 Å². The molecular formula is C68H121O11P. The van der Waals surface area contributed by atoms with Crippen molar-refractivity contribution in [1.29, 1.82) is 0 Å². The second kappa shape index (κ2) is 62.0. The summed E-state index contributed by atoms with van der Waals surface area (Å²) in [5, 5.41) is 9.84. The van der Waals surface area contributed by atoms with Crippen molar-refractivity contribution in [3.63, 3.8) is 0 Å². The fourth-order valence-electron chi connectivity index (χ4n) is 9.14. The quantitative estimate of drug-likeness (QED) is 0.0197. The molecule has 3 atom stereocenters. The van der Waals surface area contributed by atoms with Crippen molar-refractivity contribution >= 4 is 25.7 Å². The van der Waals surface area contributed by atoms with Crippen LogP contribution in [0.15, 0.2) is 72.9 Å². The van der Waals surface area contributed by atoms with E-state index in [-0.39, 0.29) is 25.9 Å². The second-order valence-electron chi connectivity index (χ2n) is 21.9. The number of aliphatic hydroxyl groups is 1. The number of hydrogen-bond donors (Lipinski definition) is 2. The molecule has 2 N–H and O–H groups in total. The number of carbonyl (C=O) groups is 3. The van der Waals surface area contributed by atoms with Crippen LogP contribution in [-0.2, 0) is 42.2 Å². The molecule has 464 valence electrons. The number of phosphoric ester groups is 1. The van der Waals surface area contributed by atoms with Gasteiger partial charge in [-0.3, -0.25) is 23.4 Å². The van der Waals surface area contributed by atoms with Crippen LogP contribution >= 0.6 is 7.82 Å². The van der Waals surface area contributed by atoms with Gasteiger partial charge in [-0.05, 0) is 89.9 Å². The Bertz CT molecular complexity index is 1620. The summed E-state index contributed by atoms with van der Waals surface area (Å²) in [6.45, 7) is 4.51. The predicted octanol–water partition coefficient (Wildman–Crippen LogP) is 20.0. The van der Waals surface area contributed by atoms with Gasteiger partial charge in [0.25, 0.3) is 0 Å². The Morgan fingerprint density at radius 2 is 0.650 bits per heavy atom. The lowest BCUT2D eigenvalue weighted by Gasteiger charge is -2.21. The maximum Gasteiger partial charge on any atom is 0.472 e.